The second-order valence-electron chi connectivity index (χ2n) is 7.11. The molecule has 142 valence electrons. The number of phenols is 2. The highest BCUT2D eigenvalue weighted by molar-refractivity contribution is 5.53. The molecule has 0 unspecified atom stereocenters. The van der Waals surface area contributed by atoms with Crippen molar-refractivity contribution < 1.29 is 10.2 Å². The van der Waals surface area contributed by atoms with Gasteiger partial charge in [-0.05, 0) is 61.1 Å². The van der Waals surface area contributed by atoms with Crippen LogP contribution < -0.4 is 11.5 Å². The maximum atomic E-state index is 9.42. The van der Waals surface area contributed by atoms with E-state index in [1.165, 1.54) is 62.5 Å². The fourth-order valence-corrected chi connectivity index (χ4v) is 3.24. The summed E-state index contributed by atoms with van der Waals surface area (Å²) < 4.78 is 0. The predicted molar refractivity (Wildman–Crippen MR) is 109 cm³/mol. The number of anilines is 2. The summed E-state index contributed by atoms with van der Waals surface area (Å²) in [4.78, 5) is 0. The van der Waals surface area contributed by atoms with Gasteiger partial charge in [-0.15, -0.1) is 0 Å². The van der Waals surface area contributed by atoms with Gasteiger partial charge in [0.25, 0.3) is 0 Å². The van der Waals surface area contributed by atoms with Gasteiger partial charge >= 0.3 is 0 Å². The SMILES string of the molecule is Nc1cc(CCCCCCCCCCc2ccc(O)c(N)c2)ccc1O. The van der Waals surface area contributed by atoms with Crippen LogP contribution in [0.1, 0.15) is 62.5 Å². The van der Waals surface area contributed by atoms with Crippen molar-refractivity contribution in [3.8, 4) is 11.5 Å². The minimum atomic E-state index is 0.169. The average molecular weight is 357 g/mol. The number of hydrogen-bond donors (Lipinski definition) is 4. The molecule has 2 aromatic rings. The Bertz CT molecular complexity index is 626. The number of nitrogen functional groups attached to an aromatic ring is 2. The van der Waals surface area contributed by atoms with Gasteiger partial charge in [-0.3, -0.25) is 0 Å². The number of aromatic hydroxyl groups is 2. The zero-order valence-corrected chi connectivity index (χ0v) is 15.6. The Morgan fingerprint density at radius 2 is 0.885 bits per heavy atom. The Balaban J connectivity index is 1.45. The van der Waals surface area contributed by atoms with E-state index in [4.69, 9.17) is 11.5 Å². The van der Waals surface area contributed by atoms with Crippen LogP contribution in [0.4, 0.5) is 11.4 Å². The van der Waals surface area contributed by atoms with Crippen LogP contribution in [0.5, 0.6) is 11.5 Å². The summed E-state index contributed by atoms with van der Waals surface area (Å²) in [5.74, 6) is 0.338. The maximum Gasteiger partial charge on any atom is 0.138 e. The monoisotopic (exact) mass is 356 g/mol. The summed E-state index contributed by atoms with van der Waals surface area (Å²) in [5.41, 5.74) is 14.8. The number of benzene rings is 2. The van der Waals surface area contributed by atoms with Crippen molar-refractivity contribution in [2.75, 3.05) is 11.5 Å². The molecule has 0 aromatic heterocycles. The lowest BCUT2D eigenvalue weighted by Gasteiger charge is -2.06. The smallest absolute Gasteiger partial charge is 0.138 e. The number of nitrogens with two attached hydrogens (primary N) is 2. The van der Waals surface area contributed by atoms with Crippen molar-refractivity contribution in [1.82, 2.24) is 0 Å². The lowest BCUT2D eigenvalue weighted by molar-refractivity contribution is 0.477. The minimum absolute atomic E-state index is 0.169. The standard InChI is InChI=1S/C22H32N2O2/c23-19-15-17(11-13-21(19)25)9-7-5-3-1-2-4-6-8-10-18-12-14-22(26)20(24)16-18/h11-16,25-26H,1-10,23-24H2. The molecule has 2 rings (SSSR count). The van der Waals surface area contributed by atoms with Crippen LogP contribution in [0.2, 0.25) is 0 Å². The summed E-state index contributed by atoms with van der Waals surface area (Å²) in [7, 11) is 0. The van der Waals surface area contributed by atoms with Crippen LogP contribution in [0.25, 0.3) is 0 Å². The van der Waals surface area contributed by atoms with Gasteiger partial charge in [0.15, 0.2) is 0 Å². The van der Waals surface area contributed by atoms with Crippen molar-refractivity contribution in [2.24, 2.45) is 0 Å². The molecule has 0 amide bonds. The fraction of sp³-hybridized carbons (Fsp3) is 0.455. The van der Waals surface area contributed by atoms with E-state index in [2.05, 4.69) is 0 Å². The first-order valence-electron chi connectivity index (χ1n) is 9.71. The van der Waals surface area contributed by atoms with E-state index < -0.39 is 0 Å². The largest absolute Gasteiger partial charge is 0.506 e. The zero-order chi connectivity index (χ0) is 18.8. The van der Waals surface area contributed by atoms with E-state index in [1.54, 1.807) is 12.1 Å². The topological polar surface area (TPSA) is 92.5 Å². The van der Waals surface area contributed by atoms with Gasteiger partial charge in [0.1, 0.15) is 11.5 Å². The Morgan fingerprint density at radius 1 is 0.538 bits per heavy atom. The van der Waals surface area contributed by atoms with Crippen LogP contribution in [0.3, 0.4) is 0 Å². The number of unbranched alkanes of at least 4 members (excludes halogenated alkanes) is 7. The van der Waals surface area contributed by atoms with E-state index in [0.29, 0.717) is 11.4 Å². The van der Waals surface area contributed by atoms with E-state index in [0.717, 1.165) is 12.8 Å². The average Bonchev–Trinajstić information content (AvgIpc) is 2.62. The molecular formula is C22H32N2O2. The molecule has 6 N–H and O–H groups in total. The lowest BCUT2D eigenvalue weighted by Crippen LogP contribution is -1.91. The van der Waals surface area contributed by atoms with Gasteiger partial charge in [-0.25, -0.2) is 0 Å². The van der Waals surface area contributed by atoms with Crippen LogP contribution in [0.15, 0.2) is 36.4 Å². The molecule has 0 atom stereocenters. The number of hydrogen-bond acceptors (Lipinski definition) is 4. The van der Waals surface area contributed by atoms with Crippen LogP contribution in [-0.2, 0) is 12.8 Å². The molecule has 0 aliphatic carbocycles. The Hall–Kier alpha value is -2.36. The molecule has 0 aliphatic rings. The second-order valence-corrected chi connectivity index (χ2v) is 7.11. The summed E-state index contributed by atoms with van der Waals surface area (Å²) >= 11 is 0. The zero-order valence-electron chi connectivity index (χ0n) is 15.6. The molecule has 0 aliphatic heterocycles. The molecule has 0 saturated carbocycles. The van der Waals surface area contributed by atoms with E-state index >= 15 is 0 Å². The number of phenolic OH excluding ortho intramolecular Hbond substituents is 2. The molecule has 0 radical (unpaired) electrons. The van der Waals surface area contributed by atoms with Gasteiger partial charge in [-0.2, -0.15) is 0 Å². The van der Waals surface area contributed by atoms with Crippen LogP contribution in [0, 0.1) is 0 Å². The molecule has 2 aromatic carbocycles. The summed E-state index contributed by atoms with van der Waals surface area (Å²) in [6.45, 7) is 0. The third-order valence-corrected chi connectivity index (χ3v) is 4.86. The van der Waals surface area contributed by atoms with Crippen molar-refractivity contribution in [3.63, 3.8) is 0 Å². The number of rotatable bonds is 11. The fourth-order valence-electron chi connectivity index (χ4n) is 3.24. The highest BCUT2D eigenvalue weighted by Gasteiger charge is 2.01. The van der Waals surface area contributed by atoms with Crippen LogP contribution in [-0.4, -0.2) is 10.2 Å². The molecule has 0 fully saturated rings. The quantitative estimate of drug-likeness (QED) is 0.254. The Labute approximate surface area is 156 Å². The molecule has 4 nitrogen and oxygen atoms in total. The third-order valence-electron chi connectivity index (χ3n) is 4.86. The summed E-state index contributed by atoms with van der Waals surface area (Å²) in [6, 6.07) is 11.0. The molecule has 0 saturated heterocycles. The molecule has 26 heavy (non-hydrogen) atoms. The van der Waals surface area contributed by atoms with Crippen LogP contribution >= 0.6 is 0 Å². The maximum absolute atomic E-state index is 9.42. The van der Waals surface area contributed by atoms with Gasteiger partial charge < -0.3 is 21.7 Å². The second kappa shape index (κ2) is 10.6. The van der Waals surface area contributed by atoms with Crippen molar-refractivity contribution in [2.45, 2.75) is 64.2 Å². The van der Waals surface area contributed by atoms with Gasteiger partial charge in [-0.1, -0.05) is 50.7 Å². The molecule has 4 heteroatoms. The van der Waals surface area contributed by atoms with Gasteiger partial charge in [0.2, 0.25) is 0 Å². The first-order chi connectivity index (χ1) is 12.6. The highest BCUT2D eigenvalue weighted by Crippen LogP contribution is 2.23. The van der Waals surface area contributed by atoms with E-state index in [1.807, 2.05) is 24.3 Å². The highest BCUT2D eigenvalue weighted by atomic mass is 16.3. The van der Waals surface area contributed by atoms with Crippen molar-refractivity contribution >= 4 is 11.4 Å². The predicted octanol–water partition coefficient (Wildman–Crippen LogP) is 5.17. The first kappa shape index (κ1) is 20.0. The summed E-state index contributed by atoms with van der Waals surface area (Å²) in [6.07, 6.45) is 12.0. The van der Waals surface area contributed by atoms with E-state index in [9.17, 15) is 10.2 Å². The van der Waals surface area contributed by atoms with E-state index in [-0.39, 0.29) is 11.5 Å². The lowest BCUT2D eigenvalue weighted by atomic mass is 10.0. The van der Waals surface area contributed by atoms with Crippen molar-refractivity contribution in [3.05, 3.63) is 47.5 Å². The Morgan fingerprint density at radius 3 is 1.23 bits per heavy atom. The Kier molecular flexibility index (Phi) is 8.13. The van der Waals surface area contributed by atoms with Crippen molar-refractivity contribution in [1.29, 1.82) is 0 Å². The molecular weight excluding hydrogens is 324 g/mol. The summed E-state index contributed by atoms with van der Waals surface area (Å²) in [5, 5.41) is 18.8. The first-order valence-corrected chi connectivity index (χ1v) is 9.71. The van der Waals surface area contributed by atoms with Gasteiger partial charge in [0, 0.05) is 0 Å². The van der Waals surface area contributed by atoms with Gasteiger partial charge in [0.05, 0.1) is 11.4 Å². The molecule has 0 heterocycles. The minimum Gasteiger partial charge on any atom is -0.506 e. The molecule has 0 spiro atoms. The molecule has 0 bridgehead atoms. The number of aryl methyl sites for hydroxylation is 2. The normalized spacial score (nSPS) is 10.9. The third kappa shape index (κ3) is 6.87.